The molecule has 7 N–H and O–H groups in total. The summed E-state index contributed by atoms with van der Waals surface area (Å²) >= 11 is 14.9. The summed E-state index contributed by atoms with van der Waals surface area (Å²) in [6.07, 6.45) is 3.86. The summed E-state index contributed by atoms with van der Waals surface area (Å²) in [6, 6.07) is 14.7. The Morgan fingerprint density at radius 2 is 0.987 bits per heavy atom. The molecule has 8 rings (SSSR count). The number of piperazine rings is 2. The van der Waals surface area contributed by atoms with E-state index < -0.39 is 0 Å². The van der Waals surface area contributed by atoms with Crippen LogP contribution in [0, 0.1) is 27.7 Å². The van der Waals surface area contributed by atoms with E-state index in [9.17, 15) is 19.2 Å². The highest BCUT2D eigenvalue weighted by atomic mass is 35.5. The Morgan fingerprint density at radius 1 is 0.605 bits per heavy atom. The highest BCUT2D eigenvalue weighted by molar-refractivity contribution is 7.18. The quantitative estimate of drug-likeness (QED) is 0.0353. The molecule has 406 valence electrons. The van der Waals surface area contributed by atoms with Gasteiger partial charge in [-0.1, -0.05) is 70.1 Å². The molecule has 6 heterocycles. The zero-order valence-electron chi connectivity index (χ0n) is 43.2. The summed E-state index contributed by atoms with van der Waals surface area (Å²) < 4.78 is 10.0. The molecule has 0 unspecified atom stereocenters. The summed E-state index contributed by atoms with van der Waals surface area (Å²) in [4.78, 5) is 85.5. The van der Waals surface area contributed by atoms with E-state index in [1.54, 1.807) is 12.1 Å². The smallest absolute Gasteiger partial charge is 0.307 e. The second kappa shape index (κ2) is 29.0. The van der Waals surface area contributed by atoms with Crippen LogP contribution in [0.15, 0.2) is 60.9 Å². The maximum atomic E-state index is 12.8. The van der Waals surface area contributed by atoms with Crippen molar-refractivity contribution in [1.82, 2.24) is 39.7 Å². The number of benzene rings is 2. The number of aryl methyl sites for hydroxylation is 4. The van der Waals surface area contributed by atoms with Crippen LogP contribution in [0.25, 0.3) is 0 Å². The lowest BCUT2D eigenvalue weighted by molar-refractivity contribution is -0.144. The molecule has 0 radical (unpaired) electrons. The molecule has 2 saturated heterocycles. The van der Waals surface area contributed by atoms with Gasteiger partial charge in [0, 0.05) is 77.6 Å². The van der Waals surface area contributed by atoms with Crippen LogP contribution in [0.3, 0.4) is 0 Å². The number of rotatable bonds is 18. The molecule has 2 fully saturated rings. The number of nitrogens with two attached hydrogens (primary N) is 1. The van der Waals surface area contributed by atoms with E-state index >= 15 is 0 Å². The van der Waals surface area contributed by atoms with Crippen LogP contribution >= 0.6 is 45.9 Å². The van der Waals surface area contributed by atoms with Gasteiger partial charge in [-0.05, 0) is 64.8 Å². The van der Waals surface area contributed by atoms with Crippen molar-refractivity contribution < 1.29 is 33.9 Å². The predicted octanol–water partition coefficient (Wildman–Crippen LogP) is 7.88. The Hall–Kier alpha value is -6.64. The number of hydrogen-bond donors (Lipinski definition) is 6. The van der Waals surface area contributed by atoms with Crippen molar-refractivity contribution in [1.29, 1.82) is 0 Å². The molecule has 4 aromatic heterocycles. The van der Waals surface area contributed by atoms with E-state index in [1.165, 1.54) is 35.1 Å². The molecule has 2 amide bonds. The van der Waals surface area contributed by atoms with Crippen molar-refractivity contribution in [2.75, 3.05) is 110 Å². The summed E-state index contributed by atoms with van der Waals surface area (Å²) in [6.45, 7) is 19.8. The normalized spacial score (nSPS) is 13.6. The van der Waals surface area contributed by atoms with Crippen LogP contribution in [0.2, 0.25) is 10.0 Å². The fourth-order valence-electron chi connectivity index (χ4n) is 7.95. The first-order valence-electron chi connectivity index (χ1n) is 24.5. The van der Waals surface area contributed by atoms with Gasteiger partial charge < -0.3 is 45.7 Å². The monoisotopic (exact) mass is 1120 g/mol. The second-order valence-corrected chi connectivity index (χ2v) is 20.0. The molecule has 2 aliphatic rings. The van der Waals surface area contributed by atoms with E-state index in [1.807, 2.05) is 77.9 Å². The molecule has 26 heteroatoms. The number of para-hydroxylation sites is 2. The number of esters is 2. The van der Waals surface area contributed by atoms with Crippen molar-refractivity contribution in [2.45, 2.75) is 54.4 Å². The predicted molar refractivity (Wildman–Crippen MR) is 298 cm³/mol. The van der Waals surface area contributed by atoms with E-state index in [2.05, 4.69) is 76.7 Å². The molecule has 2 aliphatic heterocycles. The minimum absolute atomic E-state index is 0.158. The van der Waals surface area contributed by atoms with Crippen LogP contribution in [0.5, 0.6) is 0 Å². The fraction of sp³-hybridized carbons (Fsp3) is 0.400. The van der Waals surface area contributed by atoms with Crippen LogP contribution in [-0.4, -0.2) is 147 Å². The number of carbonyl (C=O) groups excluding carboxylic acids is 4. The number of carbonyl (C=O) groups is 4. The largest absolute Gasteiger partial charge is 0.466 e. The topological polar surface area (TPSA) is 271 Å². The van der Waals surface area contributed by atoms with Crippen LogP contribution in [0.1, 0.15) is 68.8 Å². The summed E-state index contributed by atoms with van der Waals surface area (Å²) in [7, 11) is 0. The Labute approximate surface area is 459 Å². The Bertz CT molecular complexity index is 2680. The van der Waals surface area contributed by atoms with Crippen molar-refractivity contribution in [2.24, 2.45) is 5.90 Å². The third-order valence-electron chi connectivity index (χ3n) is 11.8. The first-order valence-corrected chi connectivity index (χ1v) is 26.8. The van der Waals surface area contributed by atoms with Gasteiger partial charge in [-0.3, -0.25) is 29.0 Å². The van der Waals surface area contributed by atoms with Crippen molar-refractivity contribution in [3.05, 3.63) is 103 Å². The van der Waals surface area contributed by atoms with E-state index in [0.717, 1.165) is 75.1 Å². The molecule has 0 aliphatic carbocycles. The number of nitrogens with zero attached hydrogens (tertiary/aromatic N) is 10. The zero-order valence-corrected chi connectivity index (χ0v) is 46.3. The molecule has 0 bridgehead atoms. The summed E-state index contributed by atoms with van der Waals surface area (Å²) in [5.41, 5.74) is 2.95. The molecule has 6 aromatic rings. The van der Waals surface area contributed by atoms with Crippen LogP contribution in [-0.2, 0) is 19.1 Å². The zero-order chi connectivity index (χ0) is 54.7. The van der Waals surface area contributed by atoms with Crippen molar-refractivity contribution >= 4 is 115 Å². The highest BCUT2D eigenvalue weighted by Crippen LogP contribution is 2.31. The highest BCUT2D eigenvalue weighted by Gasteiger charge is 2.23. The number of amides is 2. The molecule has 2 aromatic carbocycles. The SMILES string of the molecule is CCOC(=O)CCN1CCN(c2cc(Nc3ncc(C(=O)Nc4c(C)cccc4Cl)s3)nc(C)n2)CC1.CCOC(=O)CCN1CCN(c2cc(Nc3ncc(C(=O)Nc4c(C)cccc4Cl)s3)nc(C)n2)CC1.NO. The van der Waals surface area contributed by atoms with Crippen LogP contribution < -0.4 is 37.0 Å². The number of nitrogens with one attached hydrogen (secondary N) is 4. The van der Waals surface area contributed by atoms with Gasteiger partial charge in [0.2, 0.25) is 0 Å². The maximum absolute atomic E-state index is 12.8. The van der Waals surface area contributed by atoms with E-state index in [4.69, 9.17) is 37.9 Å². The number of ether oxygens (including phenoxy) is 2. The number of hydrogen-bond acceptors (Lipinski definition) is 22. The lowest BCUT2D eigenvalue weighted by Gasteiger charge is -2.35. The lowest BCUT2D eigenvalue weighted by atomic mass is 10.2. The van der Waals surface area contributed by atoms with Gasteiger partial charge in [0.25, 0.3) is 11.8 Å². The Balaban J connectivity index is 0.000000239. The average molecular weight is 1120 g/mol. The van der Waals surface area contributed by atoms with Crippen molar-refractivity contribution in [3.63, 3.8) is 0 Å². The molecule has 0 atom stereocenters. The minimum atomic E-state index is -0.276. The maximum Gasteiger partial charge on any atom is 0.307 e. The van der Waals surface area contributed by atoms with E-state index in [-0.39, 0.29) is 23.8 Å². The molecular formula is C50H63Cl2N15O7S2. The molecule has 22 nitrogen and oxygen atoms in total. The van der Waals surface area contributed by atoms with E-state index in [0.29, 0.717) is 104 Å². The Morgan fingerprint density at radius 3 is 1.34 bits per heavy atom. The van der Waals surface area contributed by atoms with Crippen LogP contribution in [0.4, 0.5) is 44.9 Å². The van der Waals surface area contributed by atoms with Gasteiger partial charge in [0.1, 0.15) is 44.7 Å². The molecule has 0 saturated carbocycles. The standard InChI is InChI=1S/2C25H30ClN7O3S.H3NO/c2*1-4-36-22(34)8-9-32-10-12-33(13-11-32)21-14-20(28-17(3)29-21)30-25-27-15-19(37-25)24(35)31-23-16(2)6-5-7-18(23)26;1-2/h2*5-7,14-15H,4,8-13H2,1-3H3,(H,31,35)(H,27,28,29,30);2H,1H2. The minimum Gasteiger partial charge on any atom is -0.466 e. The van der Waals surface area contributed by atoms with Gasteiger partial charge in [0.15, 0.2) is 10.3 Å². The van der Waals surface area contributed by atoms with Gasteiger partial charge in [-0.2, -0.15) is 0 Å². The number of halogens is 2. The molecule has 76 heavy (non-hydrogen) atoms. The average Bonchev–Trinajstić information content (AvgIpc) is 4.09. The van der Waals surface area contributed by atoms with Gasteiger partial charge >= 0.3 is 11.9 Å². The lowest BCUT2D eigenvalue weighted by Crippen LogP contribution is -2.47. The summed E-state index contributed by atoms with van der Waals surface area (Å²) in [5.74, 6) is 6.76. The number of aromatic nitrogens is 6. The third kappa shape index (κ3) is 17.2. The number of thiazole rings is 2. The molecular weight excluding hydrogens is 1060 g/mol. The van der Waals surface area contributed by atoms with Gasteiger partial charge in [-0.15, -0.1) is 0 Å². The van der Waals surface area contributed by atoms with Gasteiger partial charge in [0.05, 0.1) is 59.9 Å². The fourth-order valence-corrected chi connectivity index (χ4v) is 9.92. The third-order valence-corrected chi connectivity index (χ3v) is 14.2. The Kier molecular flexibility index (Phi) is 22.4. The second-order valence-electron chi connectivity index (χ2n) is 17.2. The first-order chi connectivity index (χ1) is 36.6. The first kappa shape index (κ1) is 58.6. The van der Waals surface area contributed by atoms with Crippen molar-refractivity contribution in [3.8, 4) is 0 Å². The molecule has 0 spiro atoms. The number of anilines is 8. The van der Waals surface area contributed by atoms with Gasteiger partial charge in [-0.25, -0.2) is 35.8 Å². The summed E-state index contributed by atoms with van der Waals surface area (Å²) in [5, 5.41) is 20.7.